The minimum Gasteiger partial charge on any atom is -0.378 e. The van der Waals surface area contributed by atoms with Crippen molar-refractivity contribution in [3.8, 4) is 0 Å². The number of halogens is 1. The molecule has 0 bridgehead atoms. The molecule has 8 heteroatoms. The summed E-state index contributed by atoms with van der Waals surface area (Å²) in [5.41, 5.74) is 2.11. The molecule has 0 atom stereocenters. The van der Waals surface area contributed by atoms with E-state index in [2.05, 4.69) is 6.92 Å². The van der Waals surface area contributed by atoms with Gasteiger partial charge in [-0.2, -0.15) is 0 Å². The molecule has 0 spiro atoms. The number of rotatable bonds is 8. The van der Waals surface area contributed by atoms with Gasteiger partial charge in [-0.25, -0.2) is 4.98 Å². The smallest absolute Gasteiger partial charge is 0.262 e. The Balaban J connectivity index is 1.67. The van der Waals surface area contributed by atoms with Gasteiger partial charge in [0.05, 0.1) is 24.1 Å². The van der Waals surface area contributed by atoms with Crippen molar-refractivity contribution < 1.29 is 9.53 Å². The number of hydrogen-bond acceptors (Lipinski definition) is 5. The van der Waals surface area contributed by atoms with Crippen LogP contribution in [0, 0.1) is 0 Å². The van der Waals surface area contributed by atoms with Crippen molar-refractivity contribution in [2.45, 2.75) is 43.6 Å². The van der Waals surface area contributed by atoms with Crippen LogP contribution in [0.4, 0.5) is 0 Å². The molecular weight excluding hydrogens is 458 g/mol. The number of carbonyl (C=O) groups is 1. The Bertz CT molecular complexity index is 1190. The van der Waals surface area contributed by atoms with Crippen LogP contribution < -0.4 is 5.56 Å². The second-order valence-electron chi connectivity index (χ2n) is 8.11. The first kappa shape index (κ1) is 23.8. The predicted molar refractivity (Wildman–Crippen MR) is 133 cm³/mol. The van der Waals surface area contributed by atoms with Gasteiger partial charge < -0.3 is 9.64 Å². The molecule has 6 nitrogen and oxygen atoms in total. The third-order valence-electron chi connectivity index (χ3n) is 5.71. The summed E-state index contributed by atoms with van der Waals surface area (Å²) >= 11 is 7.65. The molecule has 0 aliphatic carbocycles. The van der Waals surface area contributed by atoms with E-state index in [0.717, 1.165) is 24.8 Å². The summed E-state index contributed by atoms with van der Waals surface area (Å²) in [4.78, 5) is 32.9. The van der Waals surface area contributed by atoms with Crippen LogP contribution in [0.1, 0.15) is 42.1 Å². The van der Waals surface area contributed by atoms with Gasteiger partial charge in [0.25, 0.3) is 11.5 Å². The maximum absolute atomic E-state index is 13.4. The Kier molecular flexibility index (Phi) is 8.06. The monoisotopic (exact) mass is 485 g/mol. The summed E-state index contributed by atoms with van der Waals surface area (Å²) < 4.78 is 7.12. The molecule has 1 aliphatic rings. The van der Waals surface area contributed by atoms with E-state index in [-0.39, 0.29) is 11.5 Å². The number of thioether (sulfide) groups is 1. The average molecular weight is 486 g/mol. The van der Waals surface area contributed by atoms with E-state index in [9.17, 15) is 9.59 Å². The van der Waals surface area contributed by atoms with Gasteiger partial charge >= 0.3 is 0 Å². The highest BCUT2D eigenvalue weighted by atomic mass is 35.5. The molecule has 1 aromatic heterocycles. The summed E-state index contributed by atoms with van der Waals surface area (Å²) in [5, 5.41) is 1.89. The minimum absolute atomic E-state index is 0.0535. The first-order valence-electron chi connectivity index (χ1n) is 11.4. The van der Waals surface area contributed by atoms with E-state index in [1.165, 1.54) is 11.8 Å². The Labute approximate surface area is 202 Å². The van der Waals surface area contributed by atoms with Crippen molar-refractivity contribution in [2.24, 2.45) is 0 Å². The van der Waals surface area contributed by atoms with Crippen LogP contribution in [0.3, 0.4) is 0 Å². The van der Waals surface area contributed by atoms with Crippen LogP contribution in [0.2, 0.25) is 5.02 Å². The molecule has 1 amide bonds. The summed E-state index contributed by atoms with van der Waals surface area (Å²) in [6.45, 7) is 5.01. The fraction of sp³-hybridized carbons (Fsp3) is 0.400. The van der Waals surface area contributed by atoms with Crippen molar-refractivity contribution in [1.82, 2.24) is 14.5 Å². The van der Waals surface area contributed by atoms with E-state index < -0.39 is 0 Å². The highest BCUT2D eigenvalue weighted by molar-refractivity contribution is 7.98. The summed E-state index contributed by atoms with van der Waals surface area (Å²) in [6, 6.07) is 12.9. The van der Waals surface area contributed by atoms with E-state index in [1.54, 1.807) is 27.7 Å². The normalized spacial score (nSPS) is 14.1. The standard InChI is InChI=1S/C25H28ClN3O3S/c1-2-3-4-10-29-24(31)21-9-8-19(23(30)28-11-13-32-14-12-28)16-22(21)27-25(29)33-17-18-6-5-7-20(26)15-18/h5-9,15-16H,2-4,10-14,17H2,1H3. The number of fused-ring (bicyclic) bond motifs is 1. The Morgan fingerprint density at radius 2 is 1.97 bits per heavy atom. The average Bonchev–Trinajstić information content (AvgIpc) is 2.84. The second kappa shape index (κ2) is 11.2. The van der Waals surface area contributed by atoms with Crippen molar-refractivity contribution >= 4 is 40.2 Å². The second-order valence-corrected chi connectivity index (χ2v) is 9.49. The maximum atomic E-state index is 13.4. The van der Waals surface area contributed by atoms with Crippen molar-refractivity contribution in [2.75, 3.05) is 26.3 Å². The molecule has 174 valence electrons. The van der Waals surface area contributed by atoms with Crippen LogP contribution in [-0.4, -0.2) is 46.7 Å². The van der Waals surface area contributed by atoms with Crippen LogP contribution in [0.15, 0.2) is 52.4 Å². The lowest BCUT2D eigenvalue weighted by molar-refractivity contribution is 0.0303. The number of amides is 1. The number of carbonyl (C=O) groups excluding carboxylic acids is 1. The minimum atomic E-state index is -0.0601. The van der Waals surface area contributed by atoms with Crippen LogP contribution in [-0.2, 0) is 17.0 Å². The van der Waals surface area contributed by atoms with Gasteiger partial charge in [-0.3, -0.25) is 14.2 Å². The number of hydrogen-bond donors (Lipinski definition) is 0. The summed E-state index contributed by atoms with van der Waals surface area (Å²) in [6.07, 6.45) is 3.05. The van der Waals surface area contributed by atoms with E-state index in [0.29, 0.717) is 65.2 Å². The Hall–Kier alpha value is -2.35. The Morgan fingerprint density at radius 3 is 2.73 bits per heavy atom. The molecule has 0 unspecified atom stereocenters. The van der Waals surface area contributed by atoms with E-state index >= 15 is 0 Å². The van der Waals surface area contributed by atoms with E-state index in [4.69, 9.17) is 21.3 Å². The number of benzene rings is 2. The molecule has 1 aliphatic heterocycles. The van der Waals surface area contributed by atoms with Gasteiger partial charge in [-0.05, 0) is 42.3 Å². The fourth-order valence-electron chi connectivity index (χ4n) is 3.88. The van der Waals surface area contributed by atoms with E-state index in [1.807, 2.05) is 24.3 Å². The number of nitrogens with zero attached hydrogens (tertiary/aromatic N) is 3. The lowest BCUT2D eigenvalue weighted by Gasteiger charge is -2.26. The van der Waals surface area contributed by atoms with Gasteiger partial charge in [0.15, 0.2) is 5.16 Å². The summed E-state index contributed by atoms with van der Waals surface area (Å²) in [5.74, 6) is 0.598. The first-order valence-corrected chi connectivity index (χ1v) is 12.7. The van der Waals surface area contributed by atoms with Crippen LogP contribution in [0.5, 0.6) is 0 Å². The van der Waals surface area contributed by atoms with Gasteiger partial charge in [-0.1, -0.05) is 55.3 Å². The number of aromatic nitrogens is 2. The quantitative estimate of drug-likeness (QED) is 0.255. The molecule has 1 fully saturated rings. The Morgan fingerprint density at radius 1 is 1.15 bits per heavy atom. The van der Waals surface area contributed by atoms with Crippen molar-refractivity contribution in [1.29, 1.82) is 0 Å². The lowest BCUT2D eigenvalue weighted by Crippen LogP contribution is -2.40. The van der Waals surface area contributed by atoms with Gasteiger partial charge in [-0.15, -0.1) is 0 Å². The predicted octanol–water partition coefficient (Wildman–Crippen LogP) is 5.00. The van der Waals surface area contributed by atoms with Crippen molar-refractivity contribution in [3.63, 3.8) is 0 Å². The molecule has 2 aromatic carbocycles. The first-order chi connectivity index (χ1) is 16.1. The molecule has 0 radical (unpaired) electrons. The molecule has 0 saturated carbocycles. The zero-order chi connectivity index (χ0) is 23.2. The molecular formula is C25H28ClN3O3S. The topological polar surface area (TPSA) is 64.4 Å². The SMILES string of the molecule is CCCCCn1c(SCc2cccc(Cl)c2)nc2cc(C(=O)N3CCOCC3)ccc2c1=O. The zero-order valence-electron chi connectivity index (χ0n) is 18.8. The largest absolute Gasteiger partial charge is 0.378 e. The molecule has 2 heterocycles. The van der Waals surface area contributed by atoms with Crippen LogP contribution in [0.25, 0.3) is 10.9 Å². The molecule has 33 heavy (non-hydrogen) atoms. The van der Waals surface area contributed by atoms with Gasteiger partial charge in [0.2, 0.25) is 0 Å². The highest BCUT2D eigenvalue weighted by Crippen LogP contribution is 2.25. The maximum Gasteiger partial charge on any atom is 0.262 e. The van der Waals surface area contributed by atoms with Gasteiger partial charge in [0.1, 0.15) is 0 Å². The van der Waals surface area contributed by atoms with Gasteiger partial charge in [0, 0.05) is 36.0 Å². The lowest BCUT2D eigenvalue weighted by atomic mass is 10.1. The van der Waals surface area contributed by atoms with Crippen LogP contribution >= 0.6 is 23.4 Å². The third-order valence-corrected chi connectivity index (χ3v) is 6.99. The number of morpholine rings is 1. The number of unbranched alkanes of at least 4 members (excludes halogenated alkanes) is 2. The molecule has 0 N–H and O–H groups in total. The molecule has 3 aromatic rings. The number of ether oxygens (including phenoxy) is 1. The third kappa shape index (κ3) is 5.78. The van der Waals surface area contributed by atoms with Crippen molar-refractivity contribution in [3.05, 3.63) is 69.0 Å². The summed E-state index contributed by atoms with van der Waals surface area (Å²) in [7, 11) is 0. The highest BCUT2D eigenvalue weighted by Gasteiger charge is 2.20. The molecule has 1 saturated heterocycles. The molecule has 4 rings (SSSR count). The fourth-order valence-corrected chi connectivity index (χ4v) is 5.07. The zero-order valence-corrected chi connectivity index (χ0v) is 20.3.